The Hall–Kier alpha value is -1.75. The van der Waals surface area contributed by atoms with Gasteiger partial charge in [0.25, 0.3) is 0 Å². The maximum absolute atomic E-state index is 13.1. The summed E-state index contributed by atoms with van der Waals surface area (Å²) in [7, 11) is 0. The normalized spacial score (nSPS) is 10.5. The van der Waals surface area contributed by atoms with Crippen LogP contribution in [0.15, 0.2) is 41.3 Å². The predicted octanol–water partition coefficient (Wildman–Crippen LogP) is 4.00. The molecule has 0 saturated heterocycles. The molecule has 0 aliphatic rings. The Morgan fingerprint density at radius 1 is 1.11 bits per heavy atom. The number of rotatable bonds is 4. The molecule has 2 nitrogen and oxygen atoms in total. The van der Waals surface area contributed by atoms with Crippen molar-refractivity contribution in [3.05, 3.63) is 53.6 Å². The van der Waals surface area contributed by atoms with Crippen molar-refractivity contribution in [3.8, 4) is 5.75 Å². The van der Waals surface area contributed by atoms with E-state index in [0.717, 1.165) is 16.5 Å². The van der Waals surface area contributed by atoms with Gasteiger partial charge in [0, 0.05) is 11.4 Å². The van der Waals surface area contributed by atoms with Crippen molar-refractivity contribution in [1.29, 1.82) is 0 Å². The Morgan fingerprint density at radius 3 is 2.42 bits per heavy atom. The lowest BCUT2D eigenvalue weighted by Gasteiger charge is -2.09. The fourth-order valence-corrected chi connectivity index (χ4v) is 2.03. The summed E-state index contributed by atoms with van der Waals surface area (Å²) in [6.07, 6.45) is 1.99. The highest BCUT2D eigenvalue weighted by molar-refractivity contribution is 7.98. The van der Waals surface area contributed by atoms with Gasteiger partial charge in [0.15, 0.2) is 11.6 Å². The van der Waals surface area contributed by atoms with Crippen LogP contribution in [-0.2, 0) is 6.54 Å². The van der Waals surface area contributed by atoms with Crippen molar-refractivity contribution in [2.45, 2.75) is 11.4 Å². The number of anilines is 1. The van der Waals surface area contributed by atoms with Crippen molar-refractivity contribution in [1.82, 2.24) is 0 Å². The van der Waals surface area contributed by atoms with Crippen LogP contribution in [0.4, 0.5) is 14.5 Å². The molecule has 2 rings (SSSR count). The molecule has 100 valence electrons. The van der Waals surface area contributed by atoms with Gasteiger partial charge in [-0.3, -0.25) is 0 Å². The first-order valence-corrected chi connectivity index (χ1v) is 6.88. The van der Waals surface area contributed by atoms with Gasteiger partial charge in [-0.2, -0.15) is 4.39 Å². The first kappa shape index (κ1) is 13.7. The van der Waals surface area contributed by atoms with Gasteiger partial charge in [0.05, 0.1) is 5.69 Å². The average Bonchev–Trinajstić information content (AvgIpc) is 2.45. The average molecular weight is 281 g/mol. The topological polar surface area (TPSA) is 32.3 Å². The Labute approximate surface area is 114 Å². The van der Waals surface area contributed by atoms with Crippen molar-refractivity contribution >= 4 is 17.4 Å². The van der Waals surface area contributed by atoms with Crippen molar-refractivity contribution in [2.75, 3.05) is 11.6 Å². The van der Waals surface area contributed by atoms with E-state index >= 15 is 0 Å². The van der Waals surface area contributed by atoms with E-state index in [2.05, 4.69) is 5.32 Å². The van der Waals surface area contributed by atoms with Gasteiger partial charge in [-0.15, -0.1) is 11.8 Å². The molecule has 0 atom stereocenters. The molecule has 0 spiro atoms. The van der Waals surface area contributed by atoms with Gasteiger partial charge in [0.1, 0.15) is 0 Å². The number of hydrogen-bond donors (Lipinski definition) is 2. The minimum absolute atomic E-state index is 0.174. The third-order valence-corrected chi connectivity index (χ3v) is 3.45. The van der Waals surface area contributed by atoms with Gasteiger partial charge in [-0.05, 0) is 36.1 Å². The van der Waals surface area contributed by atoms with Crippen molar-refractivity contribution in [3.63, 3.8) is 0 Å². The minimum Gasteiger partial charge on any atom is -0.503 e. The van der Waals surface area contributed by atoms with E-state index in [1.54, 1.807) is 11.8 Å². The summed E-state index contributed by atoms with van der Waals surface area (Å²) in [4.78, 5) is 1.15. The number of phenolic OH excluding ortho intramolecular Hbond substituents is 1. The van der Waals surface area contributed by atoms with E-state index in [-0.39, 0.29) is 5.69 Å². The Kier molecular flexibility index (Phi) is 4.27. The monoisotopic (exact) mass is 281 g/mol. The lowest BCUT2D eigenvalue weighted by molar-refractivity contribution is 0.409. The second-order valence-corrected chi connectivity index (χ2v) is 4.84. The SMILES string of the molecule is CSc1ccc(CNc2ccc(F)c(F)c2O)cc1. The molecule has 0 aliphatic heterocycles. The second kappa shape index (κ2) is 5.93. The van der Waals surface area contributed by atoms with Crippen molar-refractivity contribution < 1.29 is 13.9 Å². The zero-order valence-electron chi connectivity index (χ0n) is 10.3. The number of thioether (sulfide) groups is 1. The molecule has 0 aliphatic carbocycles. The zero-order valence-corrected chi connectivity index (χ0v) is 11.1. The summed E-state index contributed by atoms with van der Waals surface area (Å²) >= 11 is 1.65. The van der Waals surface area contributed by atoms with E-state index in [1.165, 1.54) is 6.07 Å². The third-order valence-electron chi connectivity index (χ3n) is 2.71. The van der Waals surface area contributed by atoms with Crippen LogP contribution in [0.1, 0.15) is 5.56 Å². The van der Waals surface area contributed by atoms with Crippen LogP contribution in [0.3, 0.4) is 0 Å². The maximum Gasteiger partial charge on any atom is 0.202 e. The third kappa shape index (κ3) is 3.17. The summed E-state index contributed by atoms with van der Waals surface area (Å²) in [6, 6.07) is 10.1. The van der Waals surface area contributed by atoms with Crippen LogP contribution in [0.5, 0.6) is 5.75 Å². The standard InChI is InChI=1S/C14H13F2NOS/c1-19-10-4-2-9(3-5-10)8-17-12-7-6-11(15)13(16)14(12)18/h2-7,17-18H,8H2,1H3. The maximum atomic E-state index is 13.1. The van der Waals surface area contributed by atoms with Crippen LogP contribution in [-0.4, -0.2) is 11.4 Å². The van der Waals surface area contributed by atoms with Crippen LogP contribution >= 0.6 is 11.8 Å². The number of aromatic hydroxyl groups is 1. The molecule has 5 heteroatoms. The molecular formula is C14H13F2NOS. The fraction of sp³-hybridized carbons (Fsp3) is 0.143. The molecule has 0 aromatic heterocycles. The van der Waals surface area contributed by atoms with Crippen LogP contribution in [0.25, 0.3) is 0 Å². The second-order valence-electron chi connectivity index (χ2n) is 3.96. The molecule has 2 aromatic rings. The van der Waals surface area contributed by atoms with Crippen LogP contribution in [0.2, 0.25) is 0 Å². The molecule has 19 heavy (non-hydrogen) atoms. The molecule has 0 unspecified atom stereocenters. The van der Waals surface area contributed by atoms with Crippen LogP contribution in [0, 0.1) is 11.6 Å². The van der Waals surface area contributed by atoms with E-state index in [1.807, 2.05) is 30.5 Å². The summed E-state index contributed by atoms with van der Waals surface area (Å²) in [5, 5.41) is 12.3. The Balaban J connectivity index is 2.08. The lowest BCUT2D eigenvalue weighted by Crippen LogP contribution is -2.01. The predicted molar refractivity (Wildman–Crippen MR) is 73.6 cm³/mol. The largest absolute Gasteiger partial charge is 0.503 e. The smallest absolute Gasteiger partial charge is 0.202 e. The molecule has 0 radical (unpaired) electrons. The molecule has 0 heterocycles. The molecule has 2 N–H and O–H groups in total. The molecule has 2 aromatic carbocycles. The van der Waals surface area contributed by atoms with E-state index in [0.29, 0.717) is 6.54 Å². The number of hydrogen-bond acceptors (Lipinski definition) is 3. The van der Waals surface area contributed by atoms with Gasteiger partial charge < -0.3 is 10.4 Å². The van der Waals surface area contributed by atoms with Crippen molar-refractivity contribution in [2.24, 2.45) is 0 Å². The molecule has 0 saturated carbocycles. The van der Waals surface area contributed by atoms with E-state index < -0.39 is 17.4 Å². The molecule has 0 amide bonds. The zero-order chi connectivity index (χ0) is 13.8. The first-order chi connectivity index (χ1) is 9.11. The summed E-state index contributed by atoms with van der Waals surface area (Å²) in [6.45, 7) is 0.424. The lowest BCUT2D eigenvalue weighted by atomic mass is 10.2. The number of phenols is 1. The highest BCUT2D eigenvalue weighted by atomic mass is 32.2. The van der Waals surface area contributed by atoms with Gasteiger partial charge in [-0.25, -0.2) is 4.39 Å². The van der Waals surface area contributed by atoms with Gasteiger partial charge >= 0.3 is 0 Å². The Bertz CT molecular complexity index is 572. The van der Waals surface area contributed by atoms with E-state index in [9.17, 15) is 13.9 Å². The highest BCUT2D eigenvalue weighted by Crippen LogP contribution is 2.28. The molecule has 0 fully saturated rings. The Morgan fingerprint density at radius 2 is 1.79 bits per heavy atom. The molecule has 0 bridgehead atoms. The van der Waals surface area contributed by atoms with Gasteiger partial charge in [-0.1, -0.05) is 12.1 Å². The first-order valence-electron chi connectivity index (χ1n) is 5.65. The summed E-state index contributed by atoms with van der Waals surface area (Å²) in [5.74, 6) is -2.99. The number of nitrogens with one attached hydrogen (secondary N) is 1. The van der Waals surface area contributed by atoms with Crippen LogP contribution < -0.4 is 5.32 Å². The van der Waals surface area contributed by atoms with Gasteiger partial charge in [0.2, 0.25) is 5.82 Å². The minimum atomic E-state index is -1.23. The number of halogens is 2. The highest BCUT2D eigenvalue weighted by Gasteiger charge is 2.11. The molecular weight excluding hydrogens is 268 g/mol. The quantitative estimate of drug-likeness (QED) is 0.656. The number of benzene rings is 2. The summed E-state index contributed by atoms with van der Waals surface area (Å²) < 4.78 is 26.0. The van der Waals surface area contributed by atoms with E-state index in [4.69, 9.17) is 0 Å². The fourth-order valence-electron chi connectivity index (χ4n) is 1.62. The summed E-state index contributed by atoms with van der Waals surface area (Å²) in [5.41, 5.74) is 1.16.